The van der Waals surface area contributed by atoms with Crippen LogP contribution in [0.2, 0.25) is 0 Å². The molecule has 5 heteroatoms. The summed E-state index contributed by atoms with van der Waals surface area (Å²) in [5, 5.41) is 2.84. The van der Waals surface area contributed by atoms with Gasteiger partial charge >= 0.3 is 0 Å². The lowest BCUT2D eigenvalue weighted by Gasteiger charge is -1.97. The van der Waals surface area contributed by atoms with Crippen LogP contribution in [0.15, 0.2) is 10.9 Å². The number of rotatable bonds is 3. The first-order valence-corrected chi connectivity index (χ1v) is 5.16. The fourth-order valence-corrected chi connectivity index (χ4v) is 1.52. The highest BCUT2D eigenvalue weighted by molar-refractivity contribution is 5.27. The number of hydrogen-bond donors (Lipinski definition) is 1. The van der Waals surface area contributed by atoms with Gasteiger partial charge in [-0.25, -0.2) is 4.98 Å². The molecule has 2 aromatic heterocycles. The average molecular weight is 206 g/mol. The summed E-state index contributed by atoms with van der Waals surface area (Å²) in [4.78, 5) is 20.1. The van der Waals surface area contributed by atoms with Crippen molar-refractivity contribution in [1.29, 1.82) is 0 Å². The van der Waals surface area contributed by atoms with Crippen LogP contribution in [0.3, 0.4) is 0 Å². The Balaban J connectivity index is 2.47. The molecule has 0 aliphatic carbocycles. The number of aromatic nitrogens is 4. The fraction of sp³-hybridized carbons (Fsp3) is 0.500. The van der Waals surface area contributed by atoms with Gasteiger partial charge < -0.3 is 0 Å². The third kappa shape index (κ3) is 1.91. The lowest BCUT2D eigenvalue weighted by molar-refractivity contribution is 0.766. The van der Waals surface area contributed by atoms with Crippen LogP contribution in [0.4, 0.5) is 0 Å². The third-order valence-electron chi connectivity index (χ3n) is 2.28. The molecule has 0 saturated heterocycles. The number of nitrogens with one attached hydrogen (secondary N) is 1. The molecule has 0 aromatic carbocycles. The zero-order valence-electron chi connectivity index (χ0n) is 8.95. The number of nitrogens with zero attached hydrogens (tertiary/aromatic N) is 3. The molecule has 0 atom stereocenters. The van der Waals surface area contributed by atoms with Gasteiger partial charge in [0.05, 0.1) is 5.69 Å². The van der Waals surface area contributed by atoms with E-state index < -0.39 is 0 Å². The normalized spacial score (nSPS) is 11.1. The molecule has 5 nitrogen and oxygen atoms in total. The van der Waals surface area contributed by atoms with Crippen LogP contribution in [0.1, 0.15) is 31.3 Å². The summed E-state index contributed by atoms with van der Waals surface area (Å²) in [5.74, 6) is 1.17. The van der Waals surface area contributed by atoms with E-state index in [-0.39, 0.29) is 5.56 Å². The van der Waals surface area contributed by atoms with Crippen molar-refractivity contribution in [1.82, 2.24) is 19.6 Å². The lowest BCUT2D eigenvalue weighted by Crippen LogP contribution is -2.15. The van der Waals surface area contributed by atoms with Gasteiger partial charge in [-0.15, -0.1) is 0 Å². The first-order valence-electron chi connectivity index (χ1n) is 5.16. The number of H-pyrrole nitrogens is 1. The van der Waals surface area contributed by atoms with Gasteiger partial charge in [0.2, 0.25) is 0 Å². The van der Waals surface area contributed by atoms with E-state index in [4.69, 9.17) is 0 Å². The molecule has 0 fully saturated rings. The Morgan fingerprint density at radius 3 is 3.00 bits per heavy atom. The molecule has 1 N–H and O–H groups in total. The molecule has 0 aliphatic heterocycles. The highest BCUT2D eigenvalue weighted by Crippen LogP contribution is 2.01. The quantitative estimate of drug-likeness (QED) is 0.817. The molecule has 2 rings (SSSR count). The standard InChI is InChI=1S/C10H14N4O/c1-3-4-5-8-6-9(15)14-10(12-8)11-7(2)13-14/h6H,3-5H2,1-2H3,(H,11,12,13). The van der Waals surface area contributed by atoms with Gasteiger partial charge in [-0.2, -0.15) is 9.50 Å². The van der Waals surface area contributed by atoms with Crippen molar-refractivity contribution in [2.45, 2.75) is 33.1 Å². The molecule has 15 heavy (non-hydrogen) atoms. The number of fused-ring (bicyclic) bond motifs is 1. The minimum atomic E-state index is -0.0910. The maximum Gasteiger partial charge on any atom is 0.274 e. The van der Waals surface area contributed by atoms with Crippen LogP contribution < -0.4 is 5.56 Å². The van der Waals surface area contributed by atoms with E-state index in [0.717, 1.165) is 25.0 Å². The number of unbranched alkanes of at least 4 members (excludes halogenated alkanes) is 1. The van der Waals surface area contributed by atoms with Crippen LogP contribution >= 0.6 is 0 Å². The smallest absolute Gasteiger partial charge is 0.274 e. The Hall–Kier alpha value is -1.65. The fourth-order valence-electron chi connectivity index (χ4n) is 1.52. The Morgan fingerprint density at radius 1 is 1.47 bits per heavy atom. The Morgan fingerprint density at radius 2 is 2.27 bits per heavy atom. The van der Waals surface area contributed by atoms with Crippen molar-refractivity contribution in [3.63, 3.8) is 0 Å². The number of hydrogen-bond acceptors (Lipinski definition) is 3. The Labute approximate surface area is 87.2 Å². The van der Waals surface area contributed by atoms with Gasteiger partial charge in [0.25, 0.3) is 11.3 Å². The van der Waals surface area contributed by atoms with E-state index in [0.29, 0.717) is 11.6 Å². The van der Waals surface area contributed by atoms with E-state index in [1.807, 2.05) is 0 Å². The van der Waals surface area contributed by atoms with E-state index in [1.54, 1.807) is 13.0 Å². The summed E-state index contributed by atoms with van der Waals surface area (Å²) in [5.41, 5.74) is 0.736. The van der Waals surface area contributed by atoms with Crippen LogP contribution in [0.5, 0.6) is 0 Å². The van der Waals surface area contributed by atoms with Crippen molar-refractivity contribution in [3.8, 4) is 0 Å². The summed E-state index contributed by atoms with van der Waals surface area (Å²) in [6.07, 6.45) is 2.99. The summed E-state index contributed by atoms with van der Waals surface area (Å²) in [6, 6.07) is 1.57. The monoisotopic (exact) mass is 206 g/mol. The van der Waals surface area contributed by atoms with E-state index in [9.17, 15) is 4.79 Å². The number of aryl methyl sites for hydroxylation is 2. The van der Waals surface area contributed by atoms with Crippen molar-refractivity contribution >= 4 is 5.78 Å². The Bertz CT molecular complexity index is 526. The second-order valence-electron chi connectivity index (χ2n) is 3.63. The second kappa shape index (κ2) is 3.84. The molecule has 0 radical (unpaired) electrons. The first kappa shape index (κ1) is 9.89. The average Bonchev–Trinajstić information content (AvgIpc) is 2.56. The van der Waals surface area contributed by atoms with Crippen LogP contribution in [0, 0.1) is 6.92 Å². The largest absolute Gasteiger partial charge is 0.275 e. The molecule has 2 aromatic rings. The first-order chi connectivity index (χ1) is 7.20. The summed E-state index contributed by atoms with van der Waals surface area (Å²) in [6.45, 7) is 3.92. The van der Waals surface area contributed by atoms with Gasteiger partial charge in [0.15, 0.2) is 0 Å². The minimum Gasteiger partial charge on any atom is -0.275 e. The molecule has 0 spiro atoms. The minimum absolute atomic E-state index is 0.0910. The van der Waals surface area contributed by atoms with Gasteiger partial charge in [-0.3, -0.25) is 9.89 Å². The summed E-state index contributed by atoms with van der Waals surface area (Å²) in [7, 11) is 0. The molecule has 0 unspecified atom stereocenters. The lowest BCUT2D eigenvalue weighted by atomic mass is 10.2. The van der Waals surface area contributed by atoms with Crippen molar-refractivity contribution in [3.05, 3.63) is 27.9 Å². The Kier molecular flexibility index (Phi) is 2.53. The zero-order chi connectivity index (χ0) is 10.8. The van der Waals surface area contributed by atoms with E-state index >= 15 is 0 Å². The predicted octanol–water partition coefficient (Wildman–Crippen LogP) is 1.07. The van der Waals surface area contributed by atoms with Gasteiger partial charge in [0.1, 0.15) is 5.82 Å². The topological polar surface area (TPSA) is 63.0 Å². The molecule has 80 valence electrons. The van der Waals surface area contributed by atoms with Gasteiger partial charge in [-0.05, 0) is 19.8 Å². The summed E-state index contributed by atoms with van der Waals surface area (Å²) >= 11 is 0. The zero-order valence-corrected chi connectivity index (χ0v) is 8.95. The predicted molar refractivity (Wildman–Crippen MR) is 57.0 cm³/mol. The van der Waals surface area contributed by atoms with Crippen molar-refractivity contribution in [2.24, 2.45) is 0 Å². The van der Waals surface area contributed by atoms with E-state index in [1.165, 1.54) is 4.52 Å². The van der Waals surface area contributed by atoms with Crippen molar-refractivity contribution < 1.29 is 0 Å². The second-order valence-corrected chi connectivity index (χ2v) is 3.63. The SMILES string of the molecule is CCCCc1cc(=O)n2[nH]c(C)nc2n1. The van der Waals surface area contributed by atoms with Gasteiger partial charge in [0, 0.05) is 6.07 Å². The van der Waals surface area contributed by atoms with Gasteiger partial charge in [-0.1, -0.05) is 13.3 Å². The maximum absolute atomic E-state index is 11.6. The molecule has 0 saturated carbocycles. The van der Waals surface area contributed by atoms with Crippen LogP contribution in [-0.4, -0.2) is 19.6 Å². The highest BCUT2D eigenvalue weighted by atomic mass is 16.1. The molecular weight excluding hydrogens is 192 g/mol. The third-order valence-corrected chi connectivity index (χ3v) is 2.28. The number of aromatic amines is 1. The molecule has 0 aliphatic rings. The summed E-state index contributed by atoms with van der Waals surface area (Å²) < 4.78 is 1.37. The van der Waals surface area contributed by atoms with Crippen LogP contribution in [-0.2, 0) is 6.42 Å². The van der Waals surface area contributed by atoms with E-state index in [2.05, 4.69) is 22.0 Å². The molecule has 2 heterocycles. The van der Waals surface area contributed by atoms with Crippen molar-refractivity contribution in [2.75, 3.05) is 0 Å². The molecular formula is C10H14N4O. The highest BCUT2D eigenvalue weighted by Gasteiger charge is 2.05. The molecule has 0 bridgehead atoms. The van der Waals surface area contributed by atoms with Crippen LogP contribution in [0.25, 0.3) is 5.78 Å². The molecule has 0 amide bonds. The maximum atomic E-state index is 11.6.